The summed E-state index contributed by atoms with van der Waals surface area (Å²) in [5, 5.41) is 13.3. The fourth-order valence-electron chi connectivity index (χ4n) is 4.49. The van der Waals surface area contributed by atoms with Gasteiger partial charge in [-0.1, -0.05) is 17.2 Å². The highest BCUT2D eigenvalue weighted by atomic mass is 16.8. The Morgan fingerprint density at radius 3 is 2.75 bits per heavy atom. The zero-order chi connectivity index (χ0) is 20.1. The Bertz CT molecular complexity index is 858. The molecule has 4 rings (SSSR count). The minimum Gasteiger partial charge on any atom is -0.396 e. The van der Waals surface area contributed by atoms with Gasteiger partial charge in [0.15, 0.2) is 11.6 Å². The number of fused-ring (bicyclic) bond motifs is 1. The predicted molar refractivity (Wildman–Crippen MR) is 106 cm³/mol. The van der Waals surface area contributed by atoms with Gasteiger partial charge in [0, 0.05) is 36.2 Å². The van der Waals surface area contributed by atoms with E-state index in [1.165, 1.54) is 5.57 Å². The van der Waals surface area contributed by atoms with E-state index in [4.69, 9.17) is 9.47 Å². The number of Topliss-reactive ketones (excluding diaryl/α,β-unsaturated/α-hetero) is 1. The van der Waals surface area contributed by atoms with E-state index in [9.17, 15) is 9.90 Å². The molecule has 1 aliphatic heterocycles. The lowest BCUT2D eigenvalue weighted by Crippen LogP contribution is -2.34. The van der Waals surface area contributed by atoms with E-state index in [1.54, 1.807) is 12.4 Å². The van der Waals surface area contributed by atoms with Crippen LogP contribution in [0.25, 0.3) is 0 Å². The quantitative estimate of drug-likeness (QED) is 0.759. The Balaban J connectivity index is 1.57. The first-order valence-corrected chi connectivity index (χ1v) is 9.87. The van der Waals surface area contributed by atoms with Crippen LogP contribution in [0.3, 0.4) is 0 Å². The summed E-state index contributed by atoms with van der Waals surface area (Å²) in [6.07, 6.45) is 6.37. The summed E-state index contributed by atoms with van der Waals surface area (Å²) in [4.78, 5) is 17.3. The Labute approximate surface area is 165 Å². The Morgan fingerprint density at radius 1 is 1.32 bits per heavy atom. The number of carbonyl (C=O) groups excluding carboxylic acids is 1. The molecule has 3 aliphatic rings. The molecule has 2 aliphatic carbocycles. The molecule has 2 fully saturated rings. The second-order valence-electron chi connectivity index (χ2n) is 8.55. The minimum atomic E-state index is -0.671. The number of hydrogen-bond donors (Lipinski definition) is 2. The van der Waals surface area contributed by atoms with Crippen molar-refractivity contribution in [3.05, 3.63) is 46.8 Å². The van der Waals surface area contributed by atoms with Crippen LogP contribution >= 0.6 is 0 Å². The zero-order valence-corrected chi connectivity index (χ0v) is 16.9. The number of allylic oxidation sites excluding steroid dienone is 4. The van der Waals surface area contributed by atoms with Crippen LogP contribution in [-0.4, -0.2) is 46.5 Å². The van der Waals surface area contributed by atoms with Crippen LogP contribution in [0, 0.1) is 5.92 Å². The molecule has 1 saturated carbocycles. The van der Waals surface area contributed by atoms with E-state index in [0.29, 0.717) is 12.0 Å². The number of aliphatic hydroxyl groups excluding tert-OH is 1. The maximum atomic E-state index is 13.1. The number of nitrogens with zero attached hydrogens (tertiary/aromatic N) is 1. The molecule has 6 heteroatoms. The third-order valence-corrected chi connectivity index (χ3v) is 6.03. The van der Waals surface area contributed by atoms with Gasteiger partial charge in [-0.15, -0.1) is 0 Å². The van der Waals surface area contributed by atoms with E-state index in [-0.39, 0.29) is 36.6 Å². The highest BCUT2D eigenvalue weighted by molar-refractivity contribution is 6.12. The molecule has 0 amide bonds. The van der Waals surface area contributed by atoms with Crippen LogP contribution in [0.2, 0.25) is 0 Å². The van der Waals surface area contributed by atoms with Crippen molar-refractivity contribution < 1.29 is 19.4 Å². The zero-order valence-electron chi connectivity index (χ0n) is 16.9. The smallest absolute Gasteiger partial charge is 0.192 e. The average Bonchev–Trinajstić information content (AvgIpc) is 3.26. The maximum Gasteiger partial charge on any atom is 0.192 e. The number of rotatable bonds is 5. The van der Waals surface area contributed by atoms with Crippen molar-refractivity contribution in [2.45, 2.75) is 64.6 Å². The summed E-state index contributed by atoms with van der Waals surface area (Å²) < 4.78 is 12.1. The fraction of sp³-hybridized carbons (Fsp3) is 0.545. The number of ketones is 1. The third kappa shape index (κ3) is 3.41. The molecule has 4 atom stereocenters. The highest BCUT2D eigenvalue weighted by Crippen LogP contribution is 2.42. The molecule has 2 heterocycles. The topological polar surface area (TPSA) is 80.7 Å². The van der Waals surface area contributed by atoms with E-state index >= 15 is 0 Å². The number of pyridine rings is 1. The van der Waals surface area contributed by atoms with Crippen molar-refractivity contribution >= 4 is 11.5 Å². The Morgan fingerprint density at radius 2 is 2.07 bits per heavy atom. The lowest BCUT2D eigenvalue weighted by atomic mass is 10.0. The molecule has 1 aromatic heterocycles. The van der Waals surface area contributed by atoms with Crippen molar-refractivity contribution in [2.75, 3.05) is 11.9 Å². The average molecular weight is 384 g/mol. The molecule has 150 valence electrons. The number of aromatic nitrogens is 1. The van der Waals surface area contributed by atoms with Crippen molar-refractivity contribution in [2.24, 2.45) is 5.92 Å². The van der Waals surface area contributed by atoms with Gasteiger partial charge in [0.25, 0.3) is 0 Å². The molecule has 28 heavy (non-hydrogen) atoms. The van der Waals surface area contributed by atoms with E-state index in [2.05, 4.69) is 17.2 Å². The van der Waals surface area contributed by atoms with E-state index in [1.807, 2.05) is 32.9 Å². The first kappa shape index (κ1) is 19.3. The van der Waals surface area contributed by atoms with Crippen LogP contribution in [0.1, 0.15) is 50.9 Å². The van der Waals surface area contributed by atoms with Crippen LogP contribution in [0.15, 0.2) is 41.3 Å². The van der Waals surface area contributed by atoms with Gasteiger partial charge in [0.05, 0.1) is 17.7 Å². The van der Waals surface area contributed by atoms with Gasteiger partial charge in [0.1, 0.15) is 6.10 Å². The van der Waals surface area contributed by atoms with Crippen molar-refractivity contribution in [1.29, 1.82) is 0 Å². The molecule has 0 unspecified atom stereocenters. The summed E-state index contributed by atoms with van der Waals surface area (Å²) in [7, 11) is 0. The number of nitrogens with one attached hydrogen (secondary N) is 1. The first-order chi connectivity index (χ1) is 13.3. The van der Waals surface area contributed by atoms with Gasteiger partial charge in [-0.3, -0.25) is 9.78 Å². The van der Waals surface area contributed by atoms with Crippen LogP contribution < -0.4 is 5.32 Å². The van der Waals surface area contributed by atoms with Crippen LogP contribution in [-0.2, 0) is 9.47 Å². The Kier molecular flexibility index (Phi) is 4.89. The summed E-state index contributed by atoms with van der Waals surface area (Å²) in [6.45, 7) is 7.93. The number of aliphatic hydroxyl groups is 1. The summed E-state index contributed by atoms with van der Waals surface area (Å²) in [5.41, 5.74) is 4.50. The standard InChI is InChI=1S/C22H28N2O4/c1-12-7-14(8-13(12)2)19(26)16-10-23-6-5-17(16)24-18-9-15(11-25)20-21(18)28-22(3,4)27-20/h5-7,10,15,18,20-21,25H,8-9,11H2,1-4H3,(H,23,24)/t15-,18-,20-,21+/m1/s1. The molecule has 0 bridgehead atoms. The summed E-state index contributed by atoms with van der Waals surface area (Å²) in [5.74, 6) is -0.656. The minimum absolute atomic E-state index is 0.00368. The Hall–Kier alpha value is -2.02. The predicted octanol–water partition coefficient (Wildman–Crippen LogP) is 3.24. The van der Waals surface area contributed by atoms with Gasteiger partial charge < -0.3 is 19.9 Å². The fourth-order valence-corrected chi connectivity index (χ4v) is 4.49. The normalized spacial score (nSPS) is 31.1. The first-order valence-electron chi connectivity index (χ1n) is 9.87. The second kappa shape index (κ2) is 7.10. The molecular weight excluding hydrogens is 356 g/mol. The van der Waals surface area contributed by atoms with Crippen molar-refractivity contribution in [3.63, 3.8) is 0 Å². The molecule has 6 nitrogen and oxygen atoms in total. The number of ether oxygens (including phenoxy) is 2. The molecule has 0 aromatic carbocycles. The maximum absolute atomic E-state index is 13.1. The van der Waals surface area contributed by atoms with Crippen LogP contribution in [0.5, 0.6) is 0 Å². The molecule has 1 aromatic rings. The summed E-state index contributed by atoms with van der Waals surface area (Å²) in [6, 6.07) is 1.79. The monoisotopic (exact) mass is 384 g/mol. The molecule has 0 spiro atoms. The molecule has 2 N–H and O–H groups in total. The van der Waals surface area contributed by atoms with Crippen molar-refractivity contribution in [3.8, 4) is 0 Å². The molecule has 1 saturated heterocycles. The van der Waals surface area contributed by atoms with E-state index in [0.717, 1.165) is 23.3 Å². The lowest BCUT2D eigenvalue weighted by molar-refractivity contribution is -0.158. The third-order valence-electron chi connectivity index (χ3n) is 6.03. The number of anilines is 1. The number of carbonyl (C=O) groups is 1. The highest BCUT2D eigenvalue weighted by Gasteiger charge is 2.53. The molecule has 0 radical (unpaired) electrons. The van der Waals surface area contributed by atoms with Gasteiger partial charge >= 0.3 is 0 Å². The lowest BCUT2D eigenvalue weighted by Gasteiger charge is -2.24. The number of hydrogen-bond acceptors (Lipinski definition) is 6. The van der Waals surface area contributed by atoms with E-state index < -0.39 is 5.79 Å². The van der Waals surface area contributed by atoms with Gasteiger partial charge in [0.2, 0.25) is 0 Å². The van der Waals surface area contributed by atoms with Gasteiger partial charge in [-0.25, -0.2) is 0 Å². The van der Waals surface area contributed by atoms with Crippen molar-refractivity contribution in [1.82, 2.24) is 4.98 Å². The van der Waals surface area contributed by atoms with Gasteiger partial charge in [-0.2, -0.15) is 0 Å². The summed E-state index contributed by atoms with van der Waals surface area (Å²) >= 11 is 0. The van der Waals surface area contributed by atoms with Crippen LogP contribution in [0.4, 0.5) is 5.69 Å². The second-order valence-corrected chi connectivity index (χ2v) is 8.55. The largest absolute Gasteiger partial charge is 0.396 e. The molecular formula is C22H28N2O4. The van der Waals surface area contributed by atoms with Gasteiger partial charge in [-0.05, 0) is 46.6 Å². The SMILES string of the molecule is CC1=C(C)CC(C(=O)c2cnccc2N[C@@H]2C[C@H](CO)[C@H]3OC(C)(C)O[C@H]32)=C1.